The van der Waals surface area contributed by atoms with Gasteiger partial charge < -0.3 is 45.0 Å². The molecule has 0 radical (unpaired) electrons. The molecule has 1 atom stereocenters. The van der Waals surface area contributed by atoms with Crippen molar-refractivity contribution in [1.82, 2.24) is 29.8 Å². The third-order valence-electron chi connectivity index (χ3n) is 12.9. The minimum Gasteiger partial charge on any atom is -0.461 e. The number of hydrogen-bond acceptors (Lipinski definition) is 18. The fourth-order valence-corrected chi connectivity index (χ4v) is 14.3. The molecule has 402 valence electrons. The van der Waals surface area contributed by atoms with Crippen LogP contribution >= 0.6 is 22.7 Å². The molecule has 0 saturated carbocycles. The van der Waals surface area contributed by atoms with Crippen molar-refractivity contribution in [3.05, 3.63) is 99.2 Å². The van der Waals surface area contributed by atoms with E-state index in [1.807, 2.05) is 13.8 Å². The first-order chi connectivity index (χ1) is 35.2. The second-order valence-electron chi connectivity index (χ2n) is 18.1. The molecule has 2 aromatic carbocycles. The first-order valence-corrected chi connectivity index (χ1v) is 29.6. The lowest BCUT2D eigenvalue weighted by Gasteiger charge is -2.32. The van der Waals surface area contributed by atoms with Crippen LogP contribution in [-0.2, 0) is 56.5 Å². The van der Waals surface area contributed by atoms with Gasteiger partial charge in [0.15, 0.2) is 6.29 Å². The summed E-state index contributed by atoms with van der Waals surface area (Å²) in [5.74, 6) is -0.715. The van der Waals surface area contributed by atoms with Gasteiger partial charge in [-0.15, -0.1) is 22.7 Å². The zero-order valence-corrected chi connectivity index (χ0v) is 45.3. The number of benzene rings is 2. The zero-order valence-electron chi connectivity index (χ0n) is 42.0. The van der Waals surface area contributed by atoms with Gasteiger partial charge in [0.25, 0.3) is 15.9 Å². The lowest BCUT2D eigenvalue weighted by molar-refractivity contribution is -0.139. The highest BCUT2D eigenvalue weighted by Gasteiger charge is 2.32. The first-order valence-electron chi connectivity index (χ1n) is 25.1. The third-order valence-corrected chi connectivity index (χ3v) is 19.1. The lowest BCUT2D eigenvalue weighted by atomic mass is 10.1. The van der Waals surface area contributed by atoms with Crippen molar-refractivity contribution in [2.75, 3.05) is 92.4 Å². The first kappa shape index (κ1) is 56.8. The molecule has 0 bridgehead atoms. The Kier molecular flexibility index (Phi) is 21.6. The summed E-state index contributed by atoms with van der Waals surface area (Å²) in [7, 11) is -6.55. The largest absolute Gasteiger partial charge is 0.461 e. The topological polar surface area (TPSA) is 221 Å². The Morgan fingerprint density at radius 2 is 1.40 bits per heavy atom. The molecule has 7 rings (SSSR count). The van der Waals surface area contributed by atoms with Crippen molar-refractivity contribution in [1.29, 1.82) is 0 Å². The second-order valence-corrected chi connectivity index (χ2v) is 24.3. The van der Waals surface area contributed by atoms with E-state index in [4.69, 9.17) is 33.7 Å². The number of hydrogen-bond donors (Lipinski definition) is 3. The van der Waals surface area contributed by atoms with Gasteiger partial charge in [-0.25, -0.2) is 8.42 Å². The number of methoxy groups -OCH3 is 1. The van der Waals surface area contributed by atoms with Crippen LogP contribution in [0.3, 0.4) is 0 Å². The van der Waals surface area contributed by atoms with Gasteiger partial charge in [0.05, 0.1) is 26.3 Å². The minimum absolute atomic E-state index is 0.00215. The molecule has 2 amide bonds. The summed E-state index contributed by atoms with van der Waals surface area (Å²) in [6.07, 6.45) is 3.30. The molecule has 1 unspecified atom stereocenters. The van der Waals surface area contributed by atoms with Gasteiger partial charge >= 0.3 is 10.1 Å². The molecule has 19 nitrogen and oxygen atoms in total. The number of nitrogens with two attached hydrogens (primary N) is 1. The van der Waals surface area contributed by atoms with Gasteiger partial charge in [-0.3, -0.25) is 14.5 Å². The van der Waals surface area contributed by atoms with Gasteiger partial charge in [0.2, 0.25) is 12.2 Å². The number of primary amides is 1. The summed E-state index contributed by atoms with van der Waals surface area (Å²) < 4.78 is 91.3. The van der Waals surface area contributed by atoms with Gasteiger partial charge in [0.1, 0.15) is 14.2 Å². The van der Waals surface area contributed by atoms with Crippen LogP contribution in [0.5, 0.6) is 5.75 Å². The van der Waals surface area contributed by atoms with Gasteiger partial charge in [0, 0.05) is 111 Å². The van der Waals surface area contributed by atoms with Gasteiger partial charge in [-0.2, -0.15) is 22.1 Å². The van der Waals surface area contributed by atoms with E-state index in [9.17, 15) is 26.4 Å². The van der Waals surface area contributed by atoms with Gasteiger partial charge in [-0.1, -0.05) is 18.2 Å². The molecule has 23 heteroatoms. The Labute approximate surface area is 438 Å². The summed E-state index contributed by atoms with van der Waals surface area (Å²) in [5.41, 5.74) is 6.59. The molecule has 4 N–H and O–H groups in total. The predicted molar refractivity (Wildman–Crippen MR) is 278 cm³/mol. The normalized spacial score (nSPS) is 17.5. The number of morpholine rings is 1. The smallest absolute Gasteiger partial charge is 0.322 e. The monoisotopic (exact) mass is 1090 g/mol. The number of carbonyl (C=O) groups excluding carboxylic acids is 2. The van der Waals surface area contributed by atoms with Crippen LogP contribution in [0, 0.1) is 0 Å². The summed E-state index contributed by atoms with van der Waals surface area (Å²) in [6, 6.07) is 20.0. The van der Waals surface area contributed by atoms with Crippen LogP contribution < -0.4 is 21.1 Å². The maximum atomic E-state index is 14.6. The molecule has 2 aromatic heterocycles. The van der Waals surface area contributed by atoms with Crippen LogP contribution in [0.15, 0.2) is 81.2 Å². The molecule has 3 aliphatic rings. The molecule has 5 heterocycles. The van der Waals surface area contributed by atoms with Crippen molar-refractivity contribution >= 4 is 54.6 Å². The van der Waals surface area contributed by atoms with Crippen LogP contribution in [0.4, 0.5) is 0 Å². The maximum Gasteiger partial charge on any atom is 0.322 e. The molecule has 4 aromatic rings. The van der Waals surface area contributed by atoms with E-state index in [1.165, 1.54) is 18.2 Å². The minimum atomic E-state index is -4.20. The fourth-order valence-electron chi connectivity index (χ4n) is 9.00. The number of nitrogens with zero attached hydrogens (tertiary/aromatic N) is 4. The third kappa shape index (κ3) is 16.5. The van der Waals surface area contributed by atoms with E-state index in [1.54, 1.807) is 75.9 Å². The highest BCUT2D eigenvalue weighted by molar-refractivity contribution is 7.91. The van der Waals surface area contributed by atoms with Crippen LogP contribution in [0.25, 0.3) is 0 Å². The van der Waals surface area contributed by atoms with Crippen molar-refractivity contribution < 1.29 is 54.4 Å². The molecule has 0 aliphatic carbocycles. The fraction of sp³-hybridized carbons (Fsp3) is 0.560. The van der Waals surface area contributed by atoms with Gasteiger partial charge in [-0.05, 0) is 114 Å². The number of ether oxygens (including phenoxy) is 5. The number of hydroxylamine groups is 2. The van der Waals surface area contributed by atoms with Crippen LogP contribution in [-0.4, -0.2) is 159 Å². The number of piperidine rings is 2. The number of sulfonamides is 1. The summed E-state index contributed by atoms with van der Waals surface area (Å²) in [5, 5.41) is 8.62. The van der Waals surface area contributed by atoms with E-state index in [0.717, 1.165) is 68.5 Å². The van der Waals surface area contributed by atoms with Crippen LogP contribution in [0.1, 0.15) is 94.7 Å². The molecule has 3 saturated heterocycles. The Bertz CT molecular complexity index is 2590. The predicted octanol–water partition coefficient (Wildman–Crippen LogP) is 5.40. The number of carbonyl (C=O) groups is 2. The van der Waals surface area contributed by atoms with E-state index in [-0.39, 0.29) is 51.0 Å². The number of nitrogens with one attached hydrogen (secondary N) is 2. The second kappa shape index (κ2) is 27.7. The summed E-state index contributed by atoms with van der Waals surface area (Å²) in [4.78, 5) is 31.7. The summed E-state index contributed by atoms with van der Waals surface area (Å²) >= 11 is 2.11. The zero-order chi connectivity index (χ0) is 51.8. The molecule has 73 heavy (non-hydrogen) atoms. The maximum absolute atomic E-state index is 14.6. The molecule has 3 aliphatic heterocycles. The van der Waals surface area contributed by atoms with Crippen LogP contribution in [0.2, 0.25) is 0 Å². The molecular weight excluding hydrogens is 1020 g/mol. The Hall–Kier alpha value is -3.92. The Morgan fingerprint density at radius 1 is 0.781 bits per heavy atom. The average molecular weight is 1090 g/mol. The Morgan fingerprint density at radius 3 is 2.05 bits per heavy atom. The summed E-state index contributed by atoms with van der Waals surface area (Å²) in [6.45, 7) is 12.7. The number of rotatable bonds is 28. The van der Waals surface area contributed by atoms with E-state index in [0.29, 0.717) is 99.1 Å². The van der Waals surface area contributed by atoms with Crippen molar-refractivity contribution in [2.24, 2.45) is 5.73 Å². The van der Waals surface area contributed by atoms with Crippen molar-refractivity contribution in [3.63, 3.8) is 0 Å². The molecule has 3 fully saturated rings. The molecular formula is C50H71N7O12S4. The lowest BCUT2D eigenvalue weighted by Crippen LogP contribution is -2.45. The van der Waals surface area contributed by atoms with E-state index < -0.39 is 38.2 Å². The number of amides is 2. The standard InChI is InChI=1S/C50H71N7O12S4/c1-4-66-45(67-5-2)17-23-53-40-18-25-56(26-19-40)69-73(62,63)47-16-14-44(71-47)36-55(49(59)38-10-7-12-42(34-38)68-50(64-3)39-11-6-9-37(33-39)48(51)58)35-43-13-15-46(70-43)72(60,61)57-27-20-41(21-28-57)52-22-8-24-54-29-31-65-32-30-54/h6-7,9-16,33-34,40-41,45,50,52-53H,4-5,8,17-32,35-36H2,1-3H3,(H2,51,58). The van der Waals surface area contributed by atoms with Crippen molar-refractivity contribution in [2.45, 2.75) is 98.5 Å². The van der Waals surface area contributed by atoms with E-state index in [2.05, 4.69) is 15.5 Å². The molecule has 0 spiro atoms. The average Bonchev–Trinajstić information content (AvgIpc) is 4.09. The van der Waals surface area contributed by atoms with E-state index >= 15 is 0 Å². The SMILES string of the molecule is CCOC(CCNC1CCN(OS(=O)(=O)c2ccc(CN(Cc3ccc(S(=O)(=O)N4CCC(NCCCN5CCOCC5)CC4)s3)C(=O)c3cccc(OC(OC)c4cccc(C(N)=O)c4)c3)s2)CC1)OCC. The highest BCUT2D eigenvalue weighted by Crippen LogP contribution is 2.32. The quantitative estimate of drug-likeness (QED) is 0.0479. The highest BCUT2D eigenvalue weighted by atomic mass is 32.3. The number of thiophene rings is 2. The Balaban J connectivity index is 1.01. The van der Waals surface area contributed by atoms with Crippen molar-refractivity contribution in [3.8, 4) is 5.75 Å².